The maximum atomic E-state index is 6.40. The van der Waals surface area contributed by atoms with Crippen LogP contribution >= 0.6 is 0 Å². The van der Waals surface area contributed by atoms with E-state index in [0.29, 0.717) is 0 Å². The molecule has 1 N–H and O–H groups in total. The van der Waals surface area contributed by atoms with E-state index < -0.39 is 0 Å². The molecule has 0 aliphatic carbocycles. The van der Waals surface area contributed by atoms with Crippen LogP contribution in [0.4, 0.5) is 0 Å². The van der Waals surface area contributed by atoms with Crippen molar-refractivity contribution in [2.24, 2.45) is 0 Å². The number of rotatable bonds is 0. The number of fused-ring (bicyclic) bond motifs is 11. The third-order valence-electron chi connectivity index (χ3n) is 5.61. The van der Waals surface area contributed by atoms with E-state index in [2.05, 4.69) is 53.5 Å². The fraction of sp³-hybridized carbons (Fsp3) is 0. The van der Waals surface area contributed by atoms with Crippen molar-refractivity contribution < 1.29 is 8.83 Å². The molecule has 0 aliphatic rings. The molecule has 0 fully saturated rings. The molecule has 3 heteroatoms. The summed E-state index contributed by atoms with van der Waals surface area (Å²) in [6.07, 6.45) is 0. The molecule has 0 amide bonds. The zero-order valence-corrected chi connectivity index (χ0v) is 14.2. The lowest BCUT2D eigenvalue weighted by Crippen LogP contribution is -1.72. The molecule has 0 aliphatic heterocycles. The van der Waals surface area contributed by atoms with Crippen LogP contribution in [0.25, 0.3) is 65.7 Å². The summed E-state index contributed by atoms with van der Waals surface area (Å²) in [6, 6.07) is 24.9. The van der Waals surface area contributed by atoms with Gasteiger partial charge in [0, 0.05) is 32.4 Å². The molecular weight excluding hydrogens is 334 g/mol. The van der Waals surface area contributed by atoms with Crippen LogP contribution in [0.15, 0.2) is 81.6 Å². The van der Waals surface area contributed by atoms with Crippen LogP contribution in [0.2, 0.25) is 0 Å². The number of aromatic amines is 1. The van der Waals surface area contributed by atoms with Crippen LogP contribution in [0.3, 0.4) is 0 Å². The van der Waals surface area contributed by atoms with Gasteiger partial charge >= 0.3 is 0 Å². The first kappa shape index (κ1) is 13.5. The van der Waals surface area contributed by atoms with E-state index in [1.807, 2.05) is 24.3 Å². The zero-order valence-electron chi connectivity index (χ0n) is 14.2. The monoisotopic (exact) mass is 347 g/mol. The molecule has 3 heterocycles. The highest BCUT2D eigenvalue weighted by atomic mass is 16.3. The molecular formula is C24H13NO2. The summed E-state index contributed by atoms with van der Waals surface area (Å²) in [5, 5.41) is 6.82. The first-order valence-electron chi connectivity index (χ1n) is 9.04. The van der Waals surface area contributed by atoms with Gasteiger partial charge in [-0.2, -0.15) is 0 Å². The number of para-hydroxylation sites is 2. The lowest BCUT2D eigenvalue weighted by atomic mass is 10.0. The average molecular weight is 347 g/mol. The molecule has 126 valence electrons. The molecule has 0 saturated carbocycles. The van der Waals surface area contributed by atoms with Gasteiger partial charge in [0.15, 0.2) is 0 Å². The Labute approximate surface area is 152 Å². The molecule has 27 heavy (non-hydrogen) atoms. The summed E-state index contributed by atoms with van der Waals surface area (Å²) < 4.78 is 12.5. The summed E-state index contributed by atoms with van der Waals surface area (Å²) in [4.78, 5) is 3.50. The maximum Gasteiger partial charge on any atom is 0.145 e. The molecule has 0 atom stereocenters. The van der Waals surface area contributed by atoms with Crippen molar-refractivity contribution >= 4 is 65.7 Å². The van der Waals surface area contributed by atoms with Crippen molar-refractivity contribution in [2.45, 2.75) is 0 Å². The van der Waals surface area contributed by atoms with E-state index >= 15 is 0 Å². The first-order chi connectivity index (χ1) is 13.4. The predicted molar refractivity (Wildman–Crippen MR) is 110 cm³/mol. The Balaban J connectivity index is 1.80. The molecule has 3 nitrogen and oxygen atoms in total. The van der Waals surface area contributed by atoms with Crippen molar-refractivity contribution in [1.82, 2.24) is 4.98 Å². The number of hydrogen-bond acceptors (Lipinski definition) is 2. The van der Waals surface area contributed by atoms with Crippen molar-refractivity contribution in [3.8, 4) is 0 Å². The van der Waals surface area contributed by atoms with Gasteiger partial charge in [-0.1, -0.05) is 36.4 Å². The van der Waals surface area contributed by atoms with E-state index in [4.69, 9.17) is 8.83 Å². The second kappa shape index (κ2) is 4.51. The number of nitrogens with one attached hydrogen (secondary N) is 1. The minimum absolute atomic E-state index is 0.891. The molecule has 0 radical (unpaired) electrons. The largest absolute Gasteiger partial charge is 0.456 e. The van der Waals surface area contributed by atoms with E-state index in [1.165, 1.54) is 5.39 Å². The third kappa shape index (κ3) is 1.57. The molecule has 7 aromatic rings. The summed E-state index contributed by atoms with van der Waals surface area (Å²) in [7, 11) is 0. The van der Waals surface area contributed by atoms with Gasteiger partial charge in [0.1, 0.15) is 22.3 Å². The van der Waals surface area contributed by atoms with Crippen LogP contribution in [0, 0.1) is 0 Å². The number of furan rings is 2. The van der Waals surface area contributed by atoms with E-state index in [-0.39, 0.29) is 0 Å². The number of H-pyrrole nitrogens is 1. The van der Waals surface area contributed by atoms with Crippen molar-refractivity contribution in [1.29, 1.82) is 0 Å². The second-order valence-corrected chi connectivity index (χ2v) is 7.05. The number of benzene rings is 4. The van der Waals surface area contributed by atoms with Crippen LogP contribution in [0.1, 0.15) is 0 Å². The Morgan fingerprint density at radius 2 is 1.22 bits per heavy atom. The lowest BCUT2D eigenvalue weighted by Gasteiger charge is -1.94. The maximum absolute atomic E-state index is 6.40. The average Bonchev–Trinajstić information content (AvgIpc) is 3.37. The highest BCUT2D eigenvalue weighted by Crippen LogP contribution is 2.42. The predicted octanol–water partition coefficient (Wildman–Crippen LogP) is 7.12. The molecule has 7 rings (SSSR count). The van der Waals surface area contributed by atoms with Crippen molar-refractivity contribution in [2.75, 3.05) is 0 Å². The Morgan fingerprint density at radius 1 is 0.481 bits per heavy atom. The van der Waals surface area contributed by atoms with Gasteiger partial charge in [-0.3, -0.25) is 0 Å². The minimum Gasteiger partial charge on any atom is -0.456 e. The Hall–Kier alpha value is -3.72. The van der Waals surface area contributed by atoms with E-state index in [9.17, 15) is 0 Å². The Morgan fingerprint density at radius 3 is 2.15 bits per heavy atom. The standard InChI is InChI=1S/C24H13NO2/c1-3-7-16-13(5-1)21-17(25-16)10-9-15-23-20(27-24(15)21)12-11-19-22(23)14-6-2-4-8-18(14)26-19/h1-12,25H. The molecule has 0 unspecified atom stereocenters. The second-order valence-electron chi connectivity index (χ2n) is 7.05. The zero-order chi connectivity index (χ0) is 17.5. The SMILES string of the molecule is c1ccc2c(c1)[nH]c1ccc3c(oc4ccc5oc6ccccc6c5c43)c12. The Bertz CT molecular complexity index is 1680. The number of hydrogen-bond donors (Lipinski definition) is 1. The molecule has 0 spiro atoms. The molecule has 4 aromatic carbocycles. The van der Waals surface area contributed by atoms with Crippen LogP contribution in [0.5, 0.6) is 0 Å². The first-order valence-corrected chi connectivity index (χ1v) is 9.04. The van der Waals surface area contributed by atoms with Gasteiger partial charge in [-0.05, 0) is 36.4 Å². The van der Waals surface area contributed by atoms with E-state index in [0.717, 1.165) is 60.3 Å². The summed E-state index contributed by atoms with van der Waals surface area (Å²) in [5.74, 6) is 0. The quantitative estimate of drug-likeness (QED) is 0.317. The van der Waals surface area contributed by atoms with Crippen LogP contribution < -0.4 is 0 Å². The highest BCUT2D eigenvalue weighted by molar-refractivity contribution is 6.30. The summed E-state index contributed by atoms with van der Waals surface area (Å²) in [6.45, 7) is 0. The summed E-state index contributed by atoms with van der Waals surface area (Å²) >= 11 is 0. The Kier molecular flexibility index (Phi) is 2.25. The van der Waals surface area contributed by atoms with Crippen molar-refractivity contribution in [3.63, 3.8) is 0 Å². The smallest absolute Gasteiger partial charge is 0.145 e. The van der Waals surface area contributed by atoms with Crippen LogP contribution in [-0.4, -0.2) is 4.98 Å². The van der Waals surface area contributed by atoms with Crippen molar-refractivity contribution in [3.05, 3.63) is 72.8 Å². The van der Waals surface area contributed by atoms with Gasteiger partial charge in [0.2, 0.25) is 0 Å². The molecule has 0 bridgehead atoms. The fourth-order valence-corrected chi connectivity index (χ4v) is 4.47. The van der Waals surface area contributed by atoms with Gasteiger partial charge in [0.05, 0.1) is 10.9 Å². The molecule has 3 aromatic heterocycles. The van der Waals surface area contributed by atoms with Gasteiger partial charge in [-0.25, -0.2) is 0 Å². The van der Waals surface area contributed by atoms with Gasteiger partial charge in [-0.15, -0.1) is 0 Å². The van der Waals surface area contributed by atoms with Gasteiger partial charge < -0.3 is 13.8 Å². The van der Waals surface area contributed by atoms with E-state index in [1.54, 1.807) is 0 Å². The van der Waals surface area contributed by atoms with Crippen LogP contribution in [-0.2, 0) is 0 Å². The topological polar surface area (TPSA) is 42.1 Å². The number of aromatic nitrogens is 1. The summed E-state index contributed by atoms with van der Waals surface area (Å²) in [5.41, 5.74) is 5.84. The molecule has 0 saturated heterocycles. The normalized spacial score (nSPS) is 12.4. The minimum atomic E-state index is 0.891. The lowest BCUT2D eigenvalue weighted by molar-refractivity contribution is 0.664. The highest BCUT2D eigenvalue weighted by Gasteiger charge is 2.18. The van der Waals surface area contributed by atoms with Gasteiger partial charge in [0.25, 0.3) is 0 Å². The fourth-order valence-electron chi connectivity index (χ4n) is 4.47. The third-order valence-corrected chi connectivity index (χ3v) is 5.61.